The van der Waals surface area contributed by atoms with Gasteiger partial charge in [-0.25, -0.2) is 0 Å². The summed E-state index contributed by atoms with van der Waals surface area (Å²) < 4.78 is 9.09. The van der Waals surface area contributed by atoms with Crippen LogP contribution in [0.25, 0.3) is 71.7 Å². The van der Waals surface area contributed by atoms with E-state index in [0.29, 0.717) is 0 Å². The van der Waals surface area contributed by atoms with E-state index >= 15 is 0 Å². The second-order valence-electron chi connectivity index (χ2n) is 13.6. The van der Waals surface area contributed by atoms with Gasteiger partial charge >= 0.3 is 0 Å². The normalized spacial score (nSPS) is 13.3. The van der Waals surface area contributed by atoms with Crippen LogP contribution in [0.3, 0.4) is 0 Å². The van der Waals surface area contributed by atoms with Gasteiger partial charge in [-0.15, -0.1) is 0 Å². The Kier molecular flexibility index (Phi) is 5.91. The van der Waals surface area contributed by atoms with E-state index in [-0.39, 0.29) is 0 Å². The maximum Gasteiger partial charge on any atom is 0.159 e. The van der Waals surface area contributed by atoms with E-state index in [1.807, 2.05) is 0 Å². The van der Waals surface area contributed by atoms with Gasteiger partial charge in [0.05, 0.1) is 22.1 Å². The minimum atomic E-state index is -0.436. The Morgan fingerprint density at radius 3 is 1.69 bits per heavy atom. The SMILES string of the molecule is c1ccc(C2(c3ccccc3)c3ccccc3-c3ccc(-c4ccc5oc6c(-n7c8ccccc8c8ccccc87)cccc6c5c4)cc32)cc1. The fourth-order valence-corrected chi connectivity index (χ4v) is 8.95. The largest absolute Gasteiger partial charge is 0.454 e. The molecule has 1 aliphatic rings. The quantitative estimate of drug-likeness (QED) is 0.186. The zero-order valence-electron chi connectivity index (χ0n) is 27.8. The molecule has 0 bridgehead atoms. The highest BCUT2D eigenvalue weighted by atomic mass is 16.3. The zero-order valence-corrected chi connectivity index (χ0v) is 27.8. The van der Waals surface area contributed by atoms with Crippen molar-refractivity contribution in [2.24, 2.45) is 0 Å². The van der Waals surface area contributed by atoms with Crippen LogP contribution in [0, 0.1) is 0 Å². The molecule has 2 nitrogen and oxygen atoms in total. The Bertz CT molecular complexity index is 2870. The van der Waals surface area contributed by atoms with Crippen LogP contribution in [-0.2, 0) is 5.41 Å². The van der Waals surface area contributed by atoms with Crippen molar-refractivity contribution in [3.05, 3.63) is 210 Å². The Hall–Kier alpha value is -6.64. The lowest BCUT2D eigenvalue weighted by atomic mass is 9.67. The Balaban J connectivity index is 1.13. The van der Waals surface area contributed by atoms with Crippen molar-refractivity contribution in [1.29, 1.82) is 0 Å². The molecule has 0 N–H and O–H groups in total. The van der Waals surface area contributed by atoms with E-state index < -0.39 is 5.41 Å². The lowest BCUT2D eigenvalue weighted by Crippen LogP contribution is -2.28. The molecule has 0 saturated carbocycles. The maximum atomic E-state index is 6.74. The van der Waals surface area contributed by atoms with Crippen molar-refractivity contribution in [3.8, 4) is 27.9 Å². The number of hydrogen-bond donors (Lipinski definition) is 0. The fourth-order valence-electron chi connectivity index (χ4n) is 8.95. The topological polar surface area (TPSA) is 18.1 Å². The van der Waals surface area contributed by atoms with Crippen LogP contribution >= 0.6 is 0 Å². The van der Waals surface area contributed by atoms with Crippen molar-refractivity contribution in [2.75, 3.05) is 0 Å². The Morgan fingerprint density at radius 2 is 0.961 bits per heavy atom. The number of fused-ring (bicyclic) bond motifs is 9. The first-order chi connectivity index (χ1) is 25.3. The first-order valence-electron chi connectivity index (χ1n) is 17.6. The molecule has 10 aromatic rings. The molecule has 0 radical (unpaired) electrons. The molecular weight excluding hydrogens is 619 g/mol. The Morgan fingerprint density at radius 1 is 0.392 bits per heavy atom. The molecule has 0 aliphatic heterocycles. The lowest BCUT2D eigenvalue weighted by molar-refractivity contribution is 0.666. The van der Waals surface area contributed by atoms with Crippen molar-refractivity contribution in [3.63, 3.8) is 0 Å². The molecule has 0 unspecified atom stereocenters. The first-order valence-corrected chi connectivity index (χ1v) is 17.6. The second kappa shape index (κ2) is 10.7. The molecule has 2 aromatic heterocycles. The van der Waals surface area contributed by atoms with Crippen LogP contribution < -0.4 is 0 Å². The minimum Gasteiger partial charge on any atom is -0.454 e. The van der Waals surface area contributed by atoms with E-state index in [2.05, 4.69) is 193 Å². The molecule has 0 fully saturated rings. The highest BCUT2D eigenvalue weighted by molar-refractivity contribution is 6.13. The average molecular weight is 650 g/mol. The molecule has 2 heterocycles. The van der Waals surface area contributed by atoms with Crippen LogP contribution in [0.4, 0.5) is 0 Å². The third-order valence-electron chi connectivity index (χ3n) is 11.1. The standard InChI is InChI=1S/C49H31NO/c1-3-14-34(15-4-1)49(35-16-5-2-6-17-35)42-22-10-7-18-36(42)37-28-26-33(31-43(37)49)32-27-29-47-41(30-32)40-21-13-25-46(48(40)51-47)50-44-23-11-8-19-38(44)39-20-9-12-24-45(39)50/h1-31H. The summed E-state index contributed by atoms with van der Waals surface area (Å²) in [6.07, 6.45) is 0. The van der Waals surface area contributed by atoms with Gasteiger partial charge in [-0.2, -0.15) is 0 Å². The molecule has 0 amide bonds. The summed E-state index contributed by atoms with van der Waals surface area (Å²) in [4.78, 5) is 0. The Labute approximate surface area is 295 Å². The molecule has 11 rings (SSSR count). The maximum absolute atomic E-state index is 6.74. The predicted molar refractivity (Wildman–Crippen MR) is 211 cm³/mol. The van der Waals surface area contributed by atoms with Gasteiger partial charge in [0, 0.05) is 21.5 Å². The molecule has 8 aromatic carbocycles. The number of nitrogens with zero attached hydrogens (tertiary/aromatic N) is 1. The molecule has 238 valence electrons. The van der Waals surface area contributed by atoms with E-state index in [1.54, 1.807) is 0 Å². The molecule has 0 spiro atoms. The van der Waals surface area contributed by atoms with E-state index in [9.17, 15) is 0 Å². The molecule has 2 heteroatoms. The number of furan rings is 1. The van der Waals surface area contributed by atoms with Gasteiger partial charge in [-0.1, -0.05) is 152 Å². The van der Waals surface area contributed by atoms with Gasteiger partial charge in [0.15, 0.2) is 5.58 Å². The lowest BCUT2D eigenvalue weighted by Gasteiger charge is -2.34. The van der Waals surface area contributed by atoms with Gasteiger partial charge in [0.1, 0.15) is 5.58 Å². The second-order valence-corrected chi connectivity index (χ2v) is 13.6. The van der Waals surface area contributed by atoms with Crippen molar-refractivity contribution in [1.82, 2.24) is 4.57 Å². The summed E-state index contributed by atoms with van der Waals surface area (Å²) in [5.41, 5.74) is 14.9. The van der Waals surface area contributed by atoms with Crippen LogP contribution in [-0.4, -0.2) is 4.57 Å². The fraction of sp³-hybridized carbons (Fsp3) is 0.0204. The molecule has 51 heavy (non-hydrogen) atoms. The summed E-state index contributed by atoms with van der Waals surface area (Å²) in [5.74, 6) is 0. The number of hydrogen-bond acceptors (Lipinski definition) is 1. The molecular formula is C49H31NO. The van der Waals surface area contributed by atoms with E-state index in [1.165, 1.54) is 66.3 Å². The number of para-hydroxylation sites is 3. The highest BCUT2D eigenvalue weighted by Crippen LogP contribution is 2.56. The van der Waals surface area contributed by atoms with E-state index in [4.69, 9.17) is 4.42 Å². The van der Waals surface area contributed by atoms with Gasteiger partial charge in [0.25, 0.3) is 0 Å². The number of rotatable bonds is 4. The van der Waals surface area contributed by atoms with E-state index in [0.717, 1.165) is 27.6 Å². The van der Waals surface area contributed by atoms with Crippen LogP contribution in [0.1, 0.15) is 22.3 Å². The molecule has 0 saturated heterocycles. The summed E-state index contributed by atoms with van der Waals surface area (Å²) >= 11 is 0. The summed E-state index contributed by atoms with van der Waals surface area (Å²) in [5, 5.41) is 4.71. The highest BCUT2D eigenvalue weighted by Gasteiger charge is 2.46. The summed E-state index contributed by atoms with van der Waals surface area (Å²) in [7, 11) is 0. The van der Waals surface area contributed by atoms with Crippen LogP contribution in [0.5, 0.6) is 0 Å². The number of benzene rings is 8. The smallest absolute Gasteiger partial charge is 0.159 e. The van der Waals surface area contributed by atoms with Crippen LogP contribution in [0.2, 0.25) is 0 Å². The average Bonchev–Trinajstić information content (AvgIpc) is 3.85. The minimum absolute atomic E-state index is 0.436. The zero-order chi connectivity index (χ0) is 33.5. The molecule has 1 aliphatic carbocycles. The summed E-state index contributed by atoms with van der Waals surface area (Å²) in [6.45, 7) is 0. The van der Waals surface area contributed by atoms with Crippen molar-refractivity contribution < 1.29 is 4.42 Å². The van der Waals surface area contributed by atoms with Crippen LogP contribution in [0.15, 0.2) is 192 Å². The first kappa shape index (κ1) is 28.2. The van der Waals surface area contributed by atoms with Gasteiger partial charge < -0.3 is 8.98 Å². The van der Waals surface area contributed by atoms with Crippen molar-refractivity contribution in [2.45, 2.75) is 5.41 Å². The molecule has 0 atom stereocenters. The van der Waals surface area contributed by atoms with Gasteiger partial charge in [-0.3, -0.25) is 0 Å². The van der Waals surface area contributed by atoms with Gasteiger partial charge in [-0.05, 0) is 80.9 Å². The third-order valence-corrected chi connectivity index (χ3v) is 11.1. The van der Waals surface area contributed by atoms with Gasteiger partial charge in [0.2, 0.25) is 0 Å². The monoisotopic (exact) mass is 649 g/mol. The number of aromatic nitrogens is 1. The third kappa shape index (κ3) is 3.87. The van der Waals surface area contributed by atoms with Crippen molar-refractivity contribution >= 4 is 43.7 Å². The predicted octanol–water partition coefficient (Wildman–Crippen LogP) is 12.7. The summed E-state index contributed by atoms with van der Waals surface area (Å²) in [6, 6.07) is 68.4.